The summed E-state index contributed by atoms with van der Waals surface area (Å²) in [5.74, 6) is -0.377. The smallest absolute Gasteiger partial charge is 0.300 e. The molecule has 0 atom stereocenters. The summed E-state index contributed by atoms with van der Waals surface area (Å²) in [5.41, 5.74) is 4.84. The maximum Gasteiger partial charge on any atom is 0.300 e. The summed E-state index contributed by atoms with van der Waals surface area (Å²) in [6.07, 6.45) is 4.89. The lowest BCUT2D eigenvalue weighted by atomic mass is 10.00. The topological polar surface area (TPSA) is 111 Å². The molecule has 0 unspecified atom stereocenters. The van der Waals surface area contributed by atoms with Gasteiger partial charge in [0, 0.05) is 5.54 Å². The maximum atomic E-state index is 12.2. The van der Waals surface area contributed by atoms with E-state index in [4.69, 9.17) is 5.73 Å². The molecular formula is C12H16N4O3. The lowest BCUT2D eigenvalue weighted by Crippen LogP contribution is -2.43. The van der Waals surface area contributed by atoms with E-state index in [0.29, 0.717) is 0 Å². The molecule has 0 spiro atoms. The van der Waals surface area contributed by atoms with E-state index in [1.54, 1.807) is 0 Å². The number of carbonyl (C=O) groups is 1. The van der Waals surface area contributed by atoms with Gasteiger partial charge in [-0.05, 0) is 25.8 Å². The number of nitrogens with zero attached hydrogens (tertiary/aromatic N) is 2. The van der Waals surface area contributed by atoms with Gasteiger partial charge in [0.2, 0.25) is 0 Å². The number of rotatable bonds is 3. The molecule has 19 heavy (non-hydrogen) atoms. The quantitative estimate of drug-likeness (QED) is 0.636. The highest BCUT2D eigenvalue weighted by Crippen LogP contribution is 2.30. The first-order chi connectivity index (χ1) is 8.91. The minimum absolute atomic E-state index is 0.0365. The Balaban J connectivity index is 2.27. The van der Waals surface area contributed by atoms with Crippen molar-refractivity contribution in [1.82, 2.24) is 10.3 Å². The van der Waals surface area contributed by atoms with E-state index in [9.17, 15) is 14.9 Å². The van der Waals surface area contributed by atoms with Crippen LogP contribution in [0.25, 0.3) is 0 Å². The van der Waals surface area contributed by atoms with Crippen LogP contribution in [0, 0.1) is 10.1 Å². The zero-order valence-corrected chi connectivity index (χ0v) is 10.7. The van der Waals surface area contributed by atoms with Crippen molar-refractivity contribution in [1.29, 1.82) is 0 Å². The number of hydrogen-bond donors (Lipinski definition) is 2. The maximum absolute atomic E-state index is 12.2. The number of nitrogens with two attached hydrogens (primary N) is 1. The van der Waals surface area contributed by atoms with Gasteiger partial charge in [-0.3, -0.25) is 14.9 Å². The number of aromatic nitrogens is 1. The van der Waals surface area contributed by atoms with Gasteiger partial charge in [0.25, 0.3) is 11.6 Å². The van der Waals surface area contributed by atoms with Crippen molar-refractivity contribution in [3.63, 3.8) is 0 Å². The SMILES string of the molecule is CC1(NC(=O)c2cc(N)ncc2[N+](=O)[O-])CCCC1. The second-order valence-corrected chi connectivity index (χ2v) is 5.11. The molecule has 1 aromatic rings. The molecule has 1 amide bonds. The van der Waals surface area contributed by atoms with Crippen LogP contribution in [-0.4, -0.2) is 21.4 Å². The molecule has 7 heteroatoms. The number of anilines is 1. The van der Waals surface area contributed by atoms with Crippen molar-refractivity contribution in [3.8, 4) is 0 Å². The van der Waals surface area contributed by atoms with Crippen LogP contribution in [0.15, 0.2) is 12.3 Å². The van der Waals surface area contributed by atoms with Crippen LogP contribution < -0.4 is 11.1 Å². The predicted octanol–water partition coefficient (Wildman–Crippen LogP) is 1.63. The lowest BCUT2D eigenvalue weighted by molar-refractivity contribution is -0.385. The standard InChI is InChI=1S/C12H16N4O3/c1-12(4-2-3-5-12)15-11(17)8-6-10(13)14-7-9(8)16(18)19/h6-7H,2-5H2,1H3,(H2,13,14)(H,15,17). The van der Waals surface area contributed by atoms with Crippen LogP contribution in [0.1, 0.15) is 43.0 Å². The van der Waals surface area contributed by atoms with Crippen molar-refractivity contribution in [2.45, 2.75) is 38.1 Å². The summed E-state index contributed by atoms with van der Waals surface area (Å²) >= 11 is 0. The van der Waals surface area contributed by atoms with Crippen LogP contribution in [0.3, 0.4) is 0 Å². The van der Waals surface area contributed by atoms with Crippen LogP contribution >= 0.6 is 0 Å². The van der Waals surface area contributed by atoms with Gasteiger partial charge in [-0.15, -0.1) is 0 Å². The summed E-state index contributed by atoms with van der Waals surface area (Å²) in [5, 5.41) is 13.8. The Bertz CT molecular complexity index is 524. The molecule has 1 aliphatic carbocycles. The summed E-state index contributed by atoms with van der Waals surface area (Å²) in [6.45, 7) is 1.95. The molecule has 3 N–H and O–H groups in total. The number of amides is 1. The van der Waals surface area contributed by atoms with Crippen molar-refractivity contribution in [3.05, 3.63) is 27.9 Å². The first-order valence-electron chi connectivity index (χ1n) is 6.14. The van der Waals surface area contributed by atoms with E-state index in [-0.39, 0.29) is 22.6 Å². The molecule has 0 radical (unpaired) electrons. The third-order valence-electron chi connectivity index (χ3n) is 3.47. The Morgan fingerprint density at radius 2 is 2.16 bits per heavy atom. The molecule has 1 saturated carbocycles. The number of nitrogens with one attached hydrogen (secondary N) is 1. The van der Waals surface area contributed by atoms with Crippen LogP contribution in [0.2, 0.25) is 0 Å². The van der Waals surface area contributed by atoms with Gasteiger partial charge >= 0.3 is 0 Å². The lowest BCUT2D eigenvalue weighted by Gasteiger charge is -2.25. The fourth-order valence-corrected chi connectivity index (χ4v) is 2.41. The third kappa shape index (κ3) is 2.81. The van der Waals surface area contributed by atoms with Crippen LogP contribution in [-0.2, 0) is 0 Å². The van der Waals surface area contributed by atoms with Crippen LogP contribution in [0.4, 0.5) is 11.5 Å². The molecule has 102 valence electrons. The Labute approximate surface area is 110 Å². The van der Waals surface area contributed by atoms with E-state index >= 15 is 0 Å². The van der Waals surface area contributed by atoms with E-state index in [2.05, 4.69) is 10.3 Å². The average Bonchev–Trinajstić information content (AvgIpc) is 2.75. The Hall–Kier alpha value is -2.18. The highest BCUT2D eigenvalue weighted by Gasteiger charge is 2.32. The molecule has 0 aliphatic heterocycles. The minimum atomic E-state index is -0.627. The van der Waals surface area contributed by atoms with Gasteiger partial charge in [0.05, 0.1) is 4.92 Å². The second kappa shape index (κ2) is 4.83. The predicted molar refractivity (Wildman–Crippen MR) is 69.6 cm³/mol. The molecule has 1 aromatic heterocycles. The van der Waals surface area contributed by atoms with Crippen LogP contribution in [0.5, 0.6) is 0 Å². The van der Waals surface area contributed by atoms with Crippen molar-refractivity contribution >= 4 is 17.4 Å². The highest BCUT2D eigenvalue weighted by molar-refractivity contribution is 5.99. The molecule has 2 rings (SSSR count). The number of hydrogen-bond acceptors (Lipinski definition) is 5. The largest absolute Gasteiger partial charge is 0.384 e. The summed E-state index contributed by atoms with van der Waals surface area (Å²) in [4.78, 5) is 26.1. The Kier molecular flexibility index (Phi) is 3.37. The van der Waals surface area contributed by atoms with E-state index in [1.165, 1.54) is 6.07 Å². The zero-order valence-electron chi connectivity index (χ0n) is 10.7. The Morgan fingerprint density at radius 3 is 2.74 bits per heavy atom. The first kappa shape index (κ1) is 13.3. The van der Waals surface area contributed by atoms with Gasteiger partial charge in [-0.1, -0.05) is 12.8 Å². The molecule has 1 heterocycles. The van der Waals surface area contributed by atoms with E-state index in [1.807, 2.05) is 6.92 Å². The number of carbonyl (C=O) groups excluding carboxylic acids is 1. The Morgan fingerprint density at radius 1 is 1.53 bits per heavy atom. The summed E-state index contributed by atoms with van der Waals surface area (Å²) < 4.78 is 0. The summed E-state index contributed by atoms with van der Waals surface area (Å²) in [7, 11) is 0. The zero-order chi connectivity index (χ0) is 14.0. The van der Waals surface area contributed by atoms with Crippen molar-refractivity contribution < 1.29 is 9.72 Å². The average molecular weight is 264 g/mol. The molecule has 0 aromatic carbocycles. The van der Waals surface area contributed by atoms with E-state index in [0.717, 1.165) is 31.9 Å². The second-order valence-electron chi connectivity index (χ2n) is 5.11. The summed E-state index contributed by atoms with van der Waals surface area (Å²) in [6, 6.07) is 1.24. The van der Waals surface area contributed by atoms with E-state index < -0.39 is 10.8 Å². The van der Waals surface area contributed by atoms with Gasteiger partial charge in [0.15, 0.2) is 0 Å². The monoisotopic (exact) mass is 264 g/mol. The highest BCUT2D eigenvalue weighted by atomic mass is 16.6. The van der Waals surface area contributed by atoms with Crippen molar-refractivity contribution in [2.24, 2.45) is 0 Å². The number of pyridine rings is 1. The molecule has 1 fully saturated rings. The fourth-order valence-electron chi connectivity index (χ4n) is 2.41. The molecule has 0 bridgehead atoms. The number of nitro groups is 1. The minimum Gasteiger partial charge on any atom is -0.384 e. The molecule has 7 nitrogen and oxygen atoms in total. The van der Waals surface area contributed by atoms with Gasteiger partial charge in [-0.2, -0.15) is 0 Å². The molecule has 0 saturated heterocycles. The van der Waals surface area contributed by atoms with Gasteiger partial charge in [0.1, 0.15) is 17.6 Å². The van der Waals surface area contributed by atoms with Crippen molar-refractivity contribution in [2.75, 3.05) is 5.73 Å². The normalized spacial score (nSPS) is 17.1. The third-order valence-corrected chi connectivity index (χ3v) is 3.47. The fraction of sp³-hybridized carbons (Fsp3) is 0.500. The van der Waals surface area contributed by atoms with Gasteiger partial charge < -0.3 is 11.1 Å². The number of nitrogen functional groups attached to an aromatic ring is 1. The first-order valence-corrected chi connectivity index (χ1v) is 6.14. The molecule has 1 aliphatic rings. The molecular weight excluding hydrogens is 248 g/mol. The van der Waals surface area contributed by atoms with Gasteiger partial charge in [-0.25, -0.2) is 4.98 Å².